The van der Waals surface area contributed by atoms with Crippen molar-refractivity contribution in [3.05, 3.63) is 54.1 Å². The van der Waals surface area contributed by atoms with E-state index in [1.807, 2.05) is 31.2 Å². The van der Waals surface area contributed by atoms with Crippen molar-refractivity contribution in [2.24, 2.45) is 0 Å². The minimum absolute atomic E-state index is 0.135. The molecule has 1 aliphatic rings. The highest BCUT2D eigenvalue weighted by molar-refractivity contribution is 6.01. The lowest BCUT2D eigenvalue weighted by Crippen LogP contribution is -2.46. The van der Waals surface area contributed by atoms with Crippen LogP contribution in [-0.2, 0) is 14.3 Å². The topological polar surface area (TPSA) is 84.9 Å². The van der Waals surface area contributed by atoms with Gasteiger partial charge >= 0.3 is 5.97 Å². The number of hydrogen-bond acceptors (Lipinski definition) is 5. The highest BCUT2D eigenvalue weighted by Crippen LogP contribution is 2.34. The van der Waals surface area contributed by atoms with Crippen LogP contribution in [0.1, 0.15) is 37.0 Å². The molecule has 1 atom stereocenters. The van der Waals surface area contributed by atoms with Crippen molar-refractivity contribution in [3.8, 4) is 5.75 Å². The van der Waals surface area contributed by atoms with Crippen molar-refractivity contribution in [3.63, 3.8) is 0 Å². The zero-order valence-electron chi connectivity index (χ0n) is 16.5. The summed E-state index contributed by atoms with van der Waals surface area (Å²) in [6.07, 6.45) is 0.155. The number of rotatable bonds is 7. The van der Waals surface area contributed by atoms with Crippen LogP contribution in [0.4, 0.5) is 11.4 Å². The Morgan fingerprint density at radius 3 is 2.52 bits per heavy atom. The Morgan fingerprint density at radius 1 is 1.10 bits per heavy atom. The SMILES string of the molecule is CCOC(=O)c1ccc(NC(=O)CCN2C(=O)C(CC)Oc3ccccc32)cc1. The van der Waals surface area contributed by atoms with Gasteiger partial charge in [0.1, 0.15) is 5.75 Å². The van der Waals surface area contributed by atoms with Crippen molar-refractivity contribution >= 4 is 29.2 Å². The van der Waals surface area contributed by atoms with Crippen LogP contribution < -0.4 is 15.0 Å². The molecule has 1 N–H and O–H groups in total. The van der Waals surface area contributed by atoms with Gasteiger partial charge in [-0.05, 0) is 49.7 Å². The molecular formula is C22H24N2O5. The fourth-order valence-corrected chi connectivity index (χ4v) is 3.11. The minimum Gasteiger partial charge on any atom is -0.478 e. The fourth-order valence-electron chi connectivity index (χ4n) is 3.11. The molecular weight excluding hydrogens is 372 g/mol. The largest absolute Gasteiger partial charge is 0.478 e. The highest BCUT2D eigenvalue weighted by Gasteiger charge is 2.33. The maximum absolute atomic E-state index is 12.7. The van der Waals surface area contributed by atoms with Gasteiger partial charge < -0.3 is 19.7 Å². The monoisotopic (exact) mass is 396 g/mol. The van der Waals surface area contributed by atoms with Crippen LogP contribution in [0.25, 0.3) is 0 Å². The second-order valence-corrected chi connectivity index (χ2v) is 6.57. The third kappa shape index (κ3) is 4.74. The molecule has 152 valence electrons. The average Bonchev–Trinajstić information content (AvgIpc) is 2.73. The fraction of sp³-hybridized carbons (Fsp3) is 0.318. The molecule has 1 aliphatic heterocycles. The lowest BCUT2D eigenvalue weighted by Gasteiger charge is -2.33. The van der Waals surface area contributed by atoms with Gasteiger partial charge in [-0.1, -0.05) is 19.1 Å². The Kier molecular flexibility index (Phi) is 6.49. The number of carbonyl (C=O) groups excluding carboxylic acids is 3. The van der Waals surface area contributed by atoms with E-state index in [2.05, 4.69) is 5.32 Å². The average molecular weight is 396 g/mol. The molecule has 0 saturated carbocycles. The number of fused-ring (bicyclic) bond motifs is 1. The third-order valence-corrected chi connectivity index (χ3v) is 4.58. The molecule has 0 spiro atoms. The number of esters is 1. The maximum atomic E-state index is 12.7. The van der Waals surface area contributed by atoms with Crippen LogP contribution in [-0.4, -0.2) is 37.0 Å². The van der Waals surface area contributed by atoms with E-state index >= 15 is 0 Å². The van der Waals surface area contributed by atoms with E-state index in [-0.39, 0.29) is 24.8 Å². The molecule has 0 aromatic heterocycles. The van der Waals surface area contributed by atoms with E-state index in [4.69, 9.17) is 9.47 Å². The summed E-state index contributed by atoms with van der Waals surface area (Å²) in [5.41, 5.74) is 1.67. The Bertz CT molecular complexity index is 894. The Balaban J connectivity index is 1.61. The first-order valence-electron chi connectivity index (χ1n) is 9.67. The number of para-hydroxylation sites is 2. The number of nitrogens with one attached hydrogen (secondary N) is 1. The molecule has 0 saturated heterocycles. The molecule has 1 unspecified atom stereocenters. The summed E-state index contributed by atoms with van der Waals surface area (Å²) in [7, 11) is 0. The number of hydrogen-bond donors (Lipinski definition) is 1. The van der Waals surface area contributed by atoms with Gasteiger partial charge in [-0.25, -0.2) is 4.79 Å². The predicted octanol–water partition coefficient (Wildman–Crippen LogP) is 3.40. The Hall–Kier alpha value is -3.35. The molecule has 0 aliphatic carbocycles. The first-order valence-corrected chi connectivity index (χ1v) is 9.67. The van der Waals surface area contributed by atoms with Crippen molar-refractivity contribution in [2.45, 2.75) is 32.8 Å². The van der Waals surface area contributed by atoms with E-state index < -0.39 is 12.1 Å². The first-order chi connectivity index (χ1) is 14.0. The quantitative estimate of drug-likeness (QED) is 0.725. The molecule has 0 bridgehead atoms. The minimum atomic E-state index is -0.539. The summed E-state index contributed by atoms with van der Waals surface area (Å²) < 4.78 is 10.7. The number of amides is 2. The summed E-state index contributed by atoms with van der Waals surface area (Å²) in [4.78, 5) is 38.3. The smallest absolute Gasteiger partial charge is 0.338 e. The summed E-state index contributed by atoms with van der Waals surface area (Å²) in [6, 6.07) is 13.8. The van der Waals surface area contributed by atoms with Gasteiger partial charge in [0.15, 0.2) is 6.10 Å². The molecule has 1 heterocycles. The number of anilines is 2. The summed E-state index contributed by atoms with van der Waals surface area (Å²) in [5.74, 6) is -0.120. The number of ether oxygens (including phenoxy) is 2. The summed E-state index contributed by atoms with van der Waals surface area (Å²) in [5, 5.41) is 2.78. The van der Waals surface area contributed by atoms with Crippen molar-refractivity contribution < 1.29 is 23.9 Å². The van der Waals surface area contributed by atoms with Crippen LogP contribution in [0.2, 0.25) is 0 Å². The van der Waals surface area contributed by atoms with Crippen LogP contribution in [0, 0.1) is 0 Å². The molecule has 0 fully saturated rings. The second kappa shape index (κ2) is 9.23. The standard InChI is InChI=1S/C22H24N2O5/c1-3-18-21(26)24(17-7-5-6-8-19(17)29-18)14-13-20(25)23-16-11-9-15(10-12-16)22(27)28-4-2/h5-12,18H,3-4,13-14H2,1-2H3,(H,23,25). The lowest BCUT2D eigenvalue weighted by atomic mass is 10.1. The first kappa shape index (κ1) is 20.4. The van der Waals surface area contributed by atoms with E-state index in [9.17, 15) is 14.4 Å². The Morgan fingerprint density at radius 2 is 1.83 bits per heavy atom. The van der Waals surface area contributed by atoms with E-state index in [0.29, 0.717) is 35.7 Å². The zero-order chi connectivity index (χ0) is 20.8. The number of benzene rings is 2. The van der Waals surface area contributed by atoms with Gasteiger partial charge in [0.25, 0.3) is 5.91 Å². The Labute approximate surface area is 169 Å². The molecule has 29 heavy (non-hydrogen) atoms. The molecule has 2 amide bonds. The number of carbonyl (C=O) groups is 3. The van der Waals surface area contributed by atoms with Gasteiger partial charge in [-0.3, -0.25) is 9.59 Å². The van der Waals surface area contributed by atoms with Gasteiger partial charge in [-0.15, -0.1) is 0 Å². The van der Waals surface area contributed by atoms with Gasteiger partial charge in [0.05, 0.1) is 17.9 Å². The van der Waals surface area contributed by atoms with Crippen molar-refractivity contribution in [2.75, 3.05) is 23.4 Å². The van der Waals surface area contributed by atoms with Crippen molar-refractivity contribution in [1.82, 2.24) is 0 Å². The highest BCUT2D eigenvalue weighted by atomic mass is 16.5. The molecule has 7 heteroatoms. The molecule has 7 nitrogen and oxygen atoms in total. The van der Waals surface area contributed by atoms with E-state index in [1.54, 1.807) is 36.1 Å². The van der Waals surface area contributed by atoms with Gasteiger partial charge in [0.2, 0.25) is 5.91 Å². The zero-order valence-corrected chi connectivity index (χ0v) is 16.5. The third-order valence-electron chi connectivity index (χ3n) is 4.58. The normalized spacial score (nSPS) is 15.3. The van der Waals surface area contributed by atoms with Gasteiger partial charge in [-0.2, -0.15) is 0 Å². The summed E-state index contributed by atoms with van der Waals surface area (Å²) in [6.45, 7) is 4.19. The van der Waals surface area contributed by atoms with Crippen LogP contribution in [0.15, 0.2) is 48.5 Å². The molecule has 2 aromatic rings. The van der Waals surface area contributed by atoms with E-state index in [0.717, 1.165) is 0 Å². The summed E-state index contributed by atoms with van der Waals surface area (Å²) >= 11 is 0. The van der Waals surface area contributed by atoms with Gasteiger partial charge in [0, 0.05) is 18.7 Å². The van der Waals surface area contributed by atoms with Crippen LogP contribution in [0.3, 0.4) is 0 Å². The predicted molar refractivity (Wildman–Crippen MR) is 109 cm³/mol. The van der Waals surface area contributed by atoms with Crippen LogP contribution in [0.5, 0.6) is 5.75 Å². The lowest BCUT2D eigenvalue weighted by molar-refractivity contribution is -0.126. The van der Waals surface area contributed by atoms with E-state index in [1.165, 1.54) is 0 Å². The molecule has 0 radical (unpaired) electrons. The van der Waals surface area contributed by atoms with Crippen molar-refractivity contribution in [1.29, 1.82) is 0 Å². The molecule has 2 aromatic carbocycles. The van der Waals surface area contributed by atoms with Crippen LogP contribution >= 0.6 is 0 Å². The maximum Gasteiger partial charge on any atom is 0.338 e. The number of nitrogens with zero attached hydrogens (tertiary/aromatic N) is 1. The molecule has 3 rings (SSSR count). The second-order valence-electron chi connectivity index (χ2n) is 6.57.